The number of rotatable bonds is 6. The minimum absolute atomic E-state index is 0.361. The molecule has 0 aliphatic carbocycles. The van der Waals surface area contributed by atoms with E-state index in [-0.39, 0.29) is 0 Å². The molecule has 88 valence electrons. The van der Waals surface area contributed by atoms with Gasteiger partial charge in [0.1, 0.15) is 0 Å². The summed E-state index contributed by atoms with van der Waals surface area (Å²) in [5, 5.41) is 0. The van der Waals surface area contributed by atoms with Gasteiger partial charge in [0.25, 0.3) is 0 Å². The molecule has 0 fully saturated rings. The van der Waals surface area contributed by atoms with Crippen molar-refractivity contribution < 1.29 is 14.6 Å². The van der Waals surface area contributed by atoms with Crippen molar-refractivity contribution in [3.05, 3.63) is 35.4 Å². The zero-order chi connectivity index (χ0) is 11.8. The Kier molecular flexibility index (Phi) is 5.57. The van der Waals surface area contributed by atoms with Crippen LogP contribution in [0.1, 0.15) is 42.6 Å². The first-order valence-corrected chi connectivity index (χ1v) is 5.70. The van der Waals surface area contributed by atoms with Gasteiger partial charge in [0.15, 0.2) is 0 Å². The largest absolute Gasteiger partial charge is 0.373 e. The van der Waals surface area contributed by atoms with Crippen LogP contribution in [0.3, 0.4) is 0 Å². The van der Waals surface area contributed by atoms with Gasteiger partial charge < -0.3 is 0 Å². The second-order valence-corrected chi connectivity index (χ2v) is 3.58. The number of carbonyl (C=O) groups excluding carboxylic acids is 1. The molecule has 3 heteroatoms. The third-order valence-electron chi connectivity index (χ3n) is 2.26. The lowest BCUT2D eigenvalue weighted by atomic mass is 10.1. The van der Waals surface area contributed by atoms with E-state index in [4.69, 9.17) is 0 Å². The van der Waals surface area contributed by atoms with Crippen molar-refractivity contribution in [2.75, 3.05) is 6.61 Å². The number of benzene rings is 1. The van der Waals surface area contributed by atoms with E-state index in [9.17, 15) is 4.79 Å². The SMILES string of the molecule is CCCCc1ccc(C(=O)OOCC)cc1. The number of carbonyl (C=O) groups is 1. The van der Waals surface area contributed by atoms with Crippen LogP contribution in [0.5, 0.6) is 0 Å². The molecule has 1 aromatic carbocycles. The first-order valence-electron chi connectivity index (χ1n) is 5.70. The topological polar surface area (TPSA) is 35.5 Å². The predicted octanol–water partition coefficient (Wildman–Crippen LogP) is 3.14. The van der Waals surface area contributed by atoms with Gasteiger partial charge in [-0.05, 0) is 37.5 Å². The fourth-order valence-corrected chi connectivity index (χ4v) is 1.35. The van der Waals surface area contributed by atoms with Gasteiger partial charge in [0.2, 0.25) is 0 Å². The van der Waals surface area contributed by atoms with Gasteiger partial charge in [0, 0.05) is 0 Å². The van der Waals surface area contributed by atoms with E-state index in [0.29, 0.717) is 12.2 Å². The normalized spacial score (nSPS) is 10.1. The fraction of sp³-hybridized carbons (Fsp3) is 0.462. The highest BCUT2D eigenvalue weighted by Gasteiger charge is 2.07. The summed E-state index contributed by atoms with van der Waals surface area (Å²) in [6, 6.07) is 7.45. The Balaban J connectivity index is 2.53. The molecule has 0 saturated carbocycles. The van der Waals surface area contributed by atoms with Crippen molar-refractivity contribution in [2.45, 2.75) is 33.1 Å². The van der Waals surface area contributed by atoms with Crippen molar-refractivity contribution in [2.24, 2.45) is 0 Å². The quantitative estimate of drug-likeness (QED) is 0.548. The molecule has 1 rings (SSSR count). The van der Waals surface area contributed by atoms with Crippen LogP contribution in [0, 0.1) is 0 Å². The number of aryl methyl sites for hydroxylation is 1. The lowest BCUT2D eigenvalue weighted by Gasteiger charge is -2.03. The Morgan fingerprint density at radius 1 is 1.19 bits per heavy atom. The van der Waals surface area contributed by atoms with Crippen molar-refractivity contribution in [3.63, 3.8) is 0 Å². The standard InChI is InChI=1S/C13H18O3/c1-3-5-6-11-7-9-12(10-8-11)13(14)16-15-4-2/h7-10H,3-6H2,1-2H3. The zero-order valence-corrected chi connectivity index (χ0v) is 9.86. The van der Waals surface area contributed by atoms with Crippen LogP contribution in [-0.4, -0.2) is 12.6 Å². The molecule has 0 bridgehead atoms. The van der Waals surface area contributed by atoms with Crippen molar-refractivity contribution in [1.82, 2.24) is 0 Å². The van der Waals surface area contributed by atoms with E-state index in [1.54, 1.807) is 19.1 Å². The molecule has 1 aromatic rings. The Morgan fingerprint density at radius 2 is 1.88 bits per heavy atom. The van der Waals surface area contributed by atoms with E-state index in [1.165, 1.54) is 18.4 Å². The van der Waals surface area contributed by atoms with Crippen molar-refractivity contribution in [1.29, 1.82) is 0 Å². The highest BCUT2D eigenvalue weighted by atomic mass is 17.2. The molecule has 0 aliphatic heterocycles. The van der Waals surface area contributed by atoms with Gasteiger partial charge in [-0.15, -0.1) is 0 Å². The molecule has 0 spiro atoms. The van der Waals surface area contributed by atoms with Crippen LogP contribution in [0.4, 0.5) is 0 Å². The second kappa shape index (κ2) is 7.01. The highest BCUT2D eigenvalue weighted by Crippen LogP contribution is 2.09. The summed E-state index contributed by atoms with van der Waals surface area (Å²) < 4.78 is 0. The van der Waals surface area contributed by atoms with Crippen LogP contribution in [0.15, 0.2) is 24.3 Å². The number of hydrogen-bond acceptors (Lipinski definition) is 3. The smallest absolute Gasteiger partial charge is 0.293 e. The van der Waals surface area contributed by atoms with E-state index in [1.807, 2.05) is 12.1 Å². The molecule has 0 unspecified atom stereocenters. The molecule has 0 saturated heterocycles. The molecule has 0 atom stereocenters. The maximum Gasteiger partial charge on any atom is 0.373 e. The first-order chi connectivity index (χ1) is 7.77. The van der Waals surface area contributed by atoms with E-state index >= 15 is 0 Å². The fourth-order valence-electron chi connectivity index (χ4n) is 1.35. The van der Waals surface area contributed by atoms with E-state index < -0.39 is 5.97 Å². The minimum atomic E-state index is -0.441. The monoisotopic (exact) mass is 222 g/mol. The van der Waals surface area contributed by atoms with Crippen LogP contribution in [-0.2, 0) is 16.2 Å². The van der Waals surface area contributed by atoms with Crippen LogP contribution in [0.25, 0.3) is 0 Å². The molecule has 0 heterocycles. The number of unbranched alkanes of at least 4 members (excludes halogenated alkanes) is 1. The maximum atomic E-state index is 11.4. The number of hydrogen-bond donors (Lipinski definition) is 0. The zero-order valence-electron chi connectivity index (χ0n) is 9.86. The molecule has 3 nitrogen and oxygen atoms in total. The second-order valence-electron chi connectivity index (χ2n) is 3.58. The lowest BCUT2D eigenvalue weighted by Crippen LogP contribution is -2.05. The molecular formula is C13H18O3. The molecular weight excluding hydrogens is 204 g/mol. The van der Waals surface area contributed by atoms with E-state index in [2.05, 4.69) is 16.7 Å². The Labute approximate surface area is 96.3 Å². The van der Waals surface area contributed by atoms with Crippen LogP contribution < -0.4 is 0 Å². The summed E-state index contributed by atoms with van der Waals surface area (Å²) in [6.45, 7) is 4.29. The molecule has 0 aliphatic rings. The minimum Gasteiger partial charge on any atom is -0.293 e. The lowest BCUT2D eigenvalue weighted by molar-refractivity contribution is -0.236. The summed E-state index contributed by atoms with van der Waals surface area (Å²) in [5.41, 5.74) is 1.77. The van der Waals surface area contributed by atoms with Crippen LogP contribution >= 0.6 is 0 Å². The molecule has 0 aromatic heterocycles. The molecule has 16 heavy (non-hydrogen) atoms. The average molecular weight is 222 g/mol. The van der Waals surface area contributed by atoms with Gasteiger partial charge in [0.05, 0.1) is 12.2 Å². The molecule has 0 amide bonds. The van der Waals surface area contributed by atoms with Crippen LogP contribution in [0.2, 0.25) is 0 Å². The molecule has 0 N–H and O–H groups in total. The first kappa shape index (κ1) is 12.7. The third kappa shape index (κ3) is 4.03. The van der Waals surface area contributed by atoms with E-state index in [0.717, 1.165) is 6.42 Å². The van der Waals surface area contributed by atoms with Gasteiger partial charge in [-0.25, -0.2) is 4.79 Å². The maximum absolute atomic E-state index is 11.4. The van der Waals surface area contributed by atoms with Crippen molar-refractivity contribution >= 4 is 5.97 Å². The Hall–Kier alpha value is -1.35. The van der Waals surface area contributed by atoms with Gasteiger partial charge in [-0.2, -0.15) is 4.89 Å². The van der Waals surface area contributed by atoms with Gasteiger partial charge in [-0.3, -0.25) is 4.89 Å². The average Bonchev–Trinajstić information content (AvgIpc) is 2.34. The Bertz CT molecular complexity index is 316. The van der Waals surface area contributed by atoms with Crippen molar-refractivity contribution in [3.8, 4) is 0 Å². The summed E-state index contributed by atoms with van der Waals surface area (Å²) in [4.78, 5) is 20.5. The summed E-state index contributed by atoms with van der Waals surface area (Å²) >= 11 is 0. The Morgan fingerprint density at radius 3 is 2.44 bits per heavy atom. The molecule has 0 radical (unpaired) electrons. The predicted molar refractivity (Wildman–Crippen MR) is 62.1 cm³/mol. The van der Waals surface area contributed by atoms with Gasteiger partial charge >= 0.3 is 5.97 Å². The summed E-state index contributed by atoms with van der Waals surface area (Å²) in [5.74, 6) is -0.441. The third-order valence-corrected chi connectivity index (χ3v) is 2.26. The summed E-state index contributed by atoms with van der Waals surface area (Å²) in [7, 11) is 0. The summed E-state index contributed by atoms with van der Waals surface area (Å²) in [6.07, 6.45) is 3.40. The van der Waals surface area contributed by atoms with Gasteiger partial charge in [-0.1, -0.05) is 25.5 Å². The highest BCUT2D eigenvalue weighted by molar-refractivity contribution is 5.88.